The van der Waals surface area contributed by atoms with E-state index in [2.05, 4.69) is 17.2 Å². The number of likely N-dealkylation sites (tertiary alicyclic amines) is 1. The normalized spacial score (nSPS) is 23.0. The van der Waals surface area contributed by atoms with E-state index >= 15 is 0 Å². The Balaban J connectivity index is 2.13. The highest BCUT2D eigenvalue weighted by Crippen LogP contribution is 2.25. The molecule has 3 N–H and O–H groups in total. The van der Waals surface area contributed by atoms with Gasteiger partial charge in [-0.05, 0) is 44.5 Å². The van der Waals surface area contributed by atoms with Crippen molar-refractivity contribution in [3.05, 3.63) is 35.1 Å². The number of benzene rings is 1. The summed E-state index contributed by atoms with van der Waals surface area (Å²) in [6.45, 7) is 4.16. The van der Waals surface area contributed by atoms with E-state index in [0.717, 1.165) is 25.9 Å². The van der Waals surface area contributed by atoms with Crippen LogP contribution in [0, 0.1) is 5.82 Å². The first-order valence-corrected chi connectivity index (χ1v) is 7.04. The van der Waals surface area contributed by atoms with Crippen LogP contribution in [0.4, 0.5) is 4.39 Å². The Morgan fingerprint density at radius 2 is 2.33 bits per heavy atom. The molecule has 1 aromatic carbocycles. The molecule has 0 aliphatic carbocycles. The van der Waals surface area contributed by atoms with Crippen LogP contribution in [-0.4, -0.2) is 36.6 Å². The first-order valence-electron chi connectivity index (χ1n) is 7.04. The Hall–Kier alpha value is -1.50. The molecular formula is C15H22FN3O2. The van der Waals surface area contributed by atoms with Crippen LogP contribution in [0.25, 0.3) is 0 Å². The second-order valence-electron chi connectivity index (χ2n) is 5.75. The highest BCUT2D eigenvalue weighted by Gasteiger charge is 2.30. The summed E-state index contributed by atoms with van der Waals surface area (Å²) in [5, 5.41) is 0. The fourth-order valence-electron chi connectivity index (χ4n) is 2.77. The summed E-state index contributed by atoms with van der Waals surface area (Å²) < 4.78 is 19.5. The number of nitrogen functional groups attached to an aromatic ring is 1. The summed E-state index contributed by atoms with van der Waals surface area (Å²) in [6.07, 6.45) is 2.01. The SMILES string of the molecule is COC1(C)CCCN(Cc2cc(C(=O)NN)ccc2F)C1. The van der Waals surface area contributed by atoms with Crippen molar-refractivity contribution in [2.45, 2.75) is 31.9 Å². The first kappa shape index (κ1) is 15.9. The molecule has 1 amide bonds. The van der Waals surface area contributed by atoms with Gasteiger partial charge in [-0.2, -0.15) is 0 Å². The van der Waals surface area contributed by atoms with Crippen molar-refractivity contribution in [3.8, 4) is 0 Å². The molecule has 1 aliphatic rings. The van der Waals surface area contributed by atoms with Gasteiger partial charge in [0, 0.05) is 31.3 Å². The molecular weight excluding hydrogens is 273 g/mol. The molecule has 116 valence electrons. The van der Waals surface area contributed by atoms with E-state index in [-0.39, 0.29) is 11.4 Å². The number of ether oxygens (including phenoxy) is 1. The number of hydrazine groups is 1. The van der Waals surface area contributed by atoms with Crippen molar-refractivity contribution in [3.63, 3.8) is 0 Å². The Morgan fingerprint density at radius 1 is 1.57 bits per heavy atom. The van der Waals surface area contributed by atoms with Gasteiger partial charge in [-0.25, -0.2) is 10.2 Å². The summed E-state index contributed by atoms with van der Waals surface area (Å²) in [7, 11) is 1.70. The number of nitrogens with two attached hydrogens (primary N) is 1. The van der Waals surface area contributed by atoms with Crippen LogP contribution in [-0.2, 0) is 11.3 Å². The number of methoxy groups -OCH3 is 1. The van der Waals surface area contributed by atoms with Crippen molar-refractivity contribution in [2.75, 3.05) is 20.2 Å². The summed E-state index contributed by atoms with van der Waals surface area (Å²) in [5.74, 6) is 4.38. The van der Waals surface area contributed by atoms with Gasteiger partial charge in [-0.3, -0.25) is 15.1 Å². The maximum absolute atomic E-state index is 13.9. The van der Waals surface area contributed by atoms with Crippen molar-refractivity contribution >= 4 is 5.91 Å². The molecule has 0 radical (unpaired) electrons. The smallest absolute Gasteiger partial charge is 0.265 e. The molecule has 5 nitrogen and oxygen atoms in total. The molecule has 0 aromatic heterocycles. The largest absolute Gasteiger partial charge is 0.377 e. The van der Waals surface area contributed by atoms with Crippen LogP contribution in [0.15, 0.2) is 18.2 Å². The average molecular weight is 295 g/mol. The van der Waals surface area contributed by atoms with Crippen LogP contribution < -0.4 is 11.3 Å². The highest BCUT2D eigenvalue weighted by atomic mass is 19.1. The lowest BCUT2D eigenvalue weighted by Gasteiger charge is -2.39. The van der Waals surface area contributed by atoms with Crippen molar-refractivity contribution in [2.24, 2.45) is 5.84 Å². The van der Waals surface area contributed by atoms with Crippen LogP contribution in [0.3, 0.4) is 0 Å². The minimum absolute atomic E-state index is 0.193. The number of amides is 1. The lowest BCUT2D eigenvalue weighted by Crippen LogP contribution is -2.47. The van der Waals surface area contributed by atoms with Gasteiger partial charge in [0.05, 0.1) is 5.60 Å². The molecule has 1 atom stereocenters. The maximum atomic E-state index is 13.9. The molecule has 1 fully saturated rings. The zero-order valence-electron chi connectivity index (χ0n) is 12.5. The standard InChI is InChI=1S/C15H22FN3O2/c1-15(21-2)6-3-7-19(10-15)9-12-8-11(14(20)18-17)4-5-13(12)16/h4-5,8H,3,6-7,9-10,17H2,1-2H3,(H,18,20). The molecule has 2 rings (SSSR count). The van der Waals surface area contributed by atoms with E-state index in [4.69, 9.17) is 10.6 Å². The van der Waals surface area contributed by atoms with Gasteiger partial charge in [-0.15, -0.1) is 0 Å². The van der Waals surface area contributed by atoms with E-state index < -0.39 is 5.91 Å². The number of hydrogen-bond acceptors (Lipinski definition) is 4. The van der Waals surface area contributed by atoms with Crippen molar-refractivity contribution in [1.29, 1.82) is 0 Å². The number of rotatable bonds is 4. The molecule has 1 unspecified atom stereocenters. The number of nitrogens with one attached hydrogen (secondary N) is 1. The third kappa shape index (κ3) is 3.78. The molecule has 21 heavy (non-hydrogen) atoms. The van der Waals surface area contributed by atoms with Gasteiger partial charge in [0.2, 0.25) is 0 Å². The molecule has 1 aromatic rings. The Kier molecular flexibility index (Phi) is 4.92. The van der Waals surface area contributed by atoms with E-state index in [0.29, 0.717) is 17.7 Å². The second kappa shape index (κ2) is 6.51. The van der Waals surface area contributed by atoms with E-state index in [1.807, 2.05) is 0 Å². The quantitative estimate of drug-likeness (QED) is 0.501. The van der Waals surface area contributed by atoms with Crippen LogP contribution >= 0.6 is 0 Å². The number of hydrogen-bond donors (Lipinski definition) is 2. The number of piperidine rings is 1. The molecule has 0 bridgehead atoms. The number of nitrogens with zero attached hydrogens (tertiary/aromatic N) is 1. The molecule has 6 heteroatoms. The monoisotopic (exact) mass is 295 g/mol. The predicted octanol–water partition coefficient (Wildman–Crippen LogP) is 1.43. The molecule has 0 saturated carbocycles. The average Bonchev–Trinajstić information content (AvgIpc) is 2.49. The zero-order chi connectivity index (χ0) is 15.5. The molecule has 1 aliphatic heterocycles. The van der Waals surface area contributed by atoms with Gasteiger partial charge in [0.1, 0.15) is 5.82 Å². The van der Waals surface area contributed by atoms with E-state index in [1.165, 1.54) is 12.1 Å². The molecule has 0 spiro atoms. The lowest BCUT2D eigenvalue weighted by atomic mass is 9.94. The van der Waals surface area contributed by atoms with Gasteiger partial charge in [0.25, 0.3) is 5.91 Å². The maximum Gasteiger partial charge on any atom is 0.265 e. The number of carbonyl (C=O) groups excluding carboxylic acids is 1. The minimum Gasteiger partial charge on any atom is -0.377 e. The fourth-order valence-corrected chi connectivity index (χ4v) is 2.77. The fraction of sp³-hybridized carbons (Fsp3) is 0.533. The minimum atomic E-state index is -0.420. The summed E-state index contributed by atoms with van der Waals surface area (Å²) in [5.41, 5.74) is 2.72. The summed E-state index contributed by atoms with van der Waals surface area (Å²) in [6, 6.07) is 4.28. The molecule has 1 saturated heterocycles. The van der Waals surface area contributed by atoms with Crippen molar-refractivity contribution < 1.29 is 13.9 Å². The van der Waals surface area contributed by atoms with Gasteiger partial charge < -0.3 is 4.74 Å². The number of halogens is 1. The third-order valence-electron chi connectivity index (χ3n) is 4.06. The second-order valence-corrected chi connectivity index (χ2v) is 5.75. The topological polar surface area (TPSA) is 67.6 Å². The first-order chi connectivity index (χ1) is 9.97. The molecule has 1 heterocycles. The lowest BCUT2D eigenvalue weighted by molar-refractivity contribution is -0.0529. The van der Waals surface area contributed by atoms with Crippen LogP contribution in [0.5, 0.6) is 0 Å². The Labute approximate surface area is 124 Å². The van der Waals surface area contributed by atoms with Crippen molar-refractivity contribution in [1.82, 2.24) is 10.3 Å². The van der Waals surface area contributed by atoms with Gasteiger partial charge in [-0.1, -0.05) is 0 Å². The Morgan fingerprint density at radius 3 is 3.00 bits per heavy atom. The van der Waals surface area contributed by atoms with Gasteiger partial charge >= 0.3 is 0 Å². The van der Waals surface area contributed by atoms with E-state index in [9.17, 15) is 9.18 Å². The van der Waals surface area contributed by atoms with E-state index in [1.54, 1.807) is 13.2 Å². The third-order valence-corrected chi connectivity index (χ3v) is 4.06. The highest BCUT2D eigenvalue weighted by molar-refractivity contribution is 5.93. The predicted molar refractivity (Wildman–Crippen MR) is 78.0 cm³/mol. The van der Waals surface area contributed by atoms with Crippen LogP contribution in [0.1, 0.15) is 35.7 Å². The Bertz CT molecular complexity index is 524. The van der Waals surface area contributed by atoms with Crippen LogP contribution in [0.2, 0.25) is 0 Å². The van der Waals surface area contributed by atoms with Gasteiger partial charge in [0.15, 0.2) is 0 Å². The zero-order valence-corrected chi connectivity index (χ0v) is 12.5. The summed E-state index contributed by atoms with van der Waals surface area (Å²) in [4.78, 5) is 13.7. The number of carbonyl (C=O) groups is 1. The summed E-state index contributed by atoms with van der Waals surface area (Å²) >= 11 is 0.